The maximum absolute atomic E-state index is 13.4. The van der Waals surface area contributed by atoms with Gasteiger partial charge in [0.05, 0.1) is 0 Å². The molecule has 3 rings (SSSR count). The topological polar surface area (TPSA) is 66.9 Å². The van der Waals surface area contributed by atoms with Gasteiger partial charge in [0.2, 0.25) is 5.95 Å². The van der Waals surface area contributed by atoms with E-state index >= 15 is 0 Å². The Bertz CT molecular complexity index is 1080. The highest BCUT2D eigenvalue weighted by Crippen LogP contribution is 2.35. The molecule has 31 heavy (non-hydrogen) atoms. The number of alkyl halides is 3. The van der Waals surface area contributed by atoms with E-state index in [2.05, 4.69) is 33.2 Å². The van der Waals surface area contributed by atoms with Gasteiger partial charge >= 0.3 is 6.18 Å². The van der Waals surface area contributed by atoms with Crippen molar-refractivity contribution in [2.75, 3.05) is 30.5 Å². The second-order valence-electron chi connectivity index (χ2n) is 7.32. The second-order valence-corrected chi connectivity index (χ2v) is 11.1. The lowest BCUT2D eigenvalue weighted by Gasteiger charge is -2.15. The fourth-order valence-corrected chi connectivity index (χ4v) is 3.82. The fourth-order valence-electron chi connectivity index (χ4n) is 2.80. The van der Waals surface area contributed by atoms with Crippen molar-refractivity contribution in [1.29, 1.82) is 0 Å². The summed E-state index contributed by atoms with van der Waals surface area (Å²) in [5, 5.41) is 6.37. The van der Waals surface area contributed by atoms with Crippen LogP contribution in [0.4, 0.5) is 30.6 Å². The Morgan fingerprint density at radius 1 is 1.03 bits per heavy atom. The number of rotatable bonds is 7. The predicted molar refractivity (Wildman–Crippen MR) is 122 cm³/mol. The summed E-state index contributed by atoms with van der Waals surface area (Å²) in [6, 6.07) is 14.2. The molecule has 0 saturated heterocycles. The molecule has 0 aliphatic heterocycles. The standard InChI is InChI=1S/C21H22F3N4OPS/c1-30(2,29)16-7-5-15(6-8-16)27-20-26-13-18(21(22,23)24)19(28-20)25-12-11-14-3-9-17(31)10-4-14/h3-10,13,31H,11-12H2,1-2H3,(H2,25,26,27,28). The van der Waals surface area contributed by atoms with Crippen LogP contribution in [0.2, 0.25) is 0 Å². The number of nitrogens with one attached hydrogen (secondary N) is 2. The zero-order valence-corrected chi connectivity index (χ0v) is 18.7. The molecular weight excluding hydrogens is 444 g/mol. The lowest BCUT2D eigenvalue weighted by atomic mass is 10.1. The van der Waals surface area contributed by atoms with Crippen LogP contribution in [-0.4, -0.2) is 29.8 Å². The fraction of sp³-hybridized carbons (Fsp3) is 0.238. The third kappa shape index (κ3) is 6.48. The SMILES string of the molecule is CP(C)(=O)c1ccc(Nc2ncc(C(F)(F)F)c(NCCc3ccc(S)cc3)n2)cc1. The Hall–Kier alpha value is -2.51. The molecule has 0 unspecified atom stereocenters. The van der Waals surface area contributed by atoms with Gasteiger partial charge in [-0.15, -0.1) is 12.6 Å². The van der Waals surface area contributed by atoms with Gasteiger partial charge in [-0.25, -0.2) is 4.98 Å². The number of hydrogen-bond donors (Lipinski definition) is 3. The molecule has 5 nitrogen and oxygen atoms in total. The average Bonchev–Trinajstić information content (AvgIpc) is 2.68. The number of halogens is 3. The van der Waals surface area contributed by atoms with Crippen molar-refractivity contribution < 1.29 is 17.7 Å². The molecular formula is C21H22F3N4OPS. The van der Waals surface area contributed by atoms with Crippen molar-refractivity contribution in [3.05, 3.63) is 65.9 Å². The van der Waals surface area contributed by atoms with E-state index in [0.717, 1.165) is 16.7 Å². The maximum atomic E-state index is 13.4. The average molecular weight is 466 g/mol. The molecule has 2 aromatic carbocycles. The first kappa shape index (κ1) is 23.2. The summed E-state index contributed by atoms with van der Waals surface area (Å²) in [6.07, 6.45) is -3.30. The van der Waals surface area contributed by atoms with Gasteiger partial charge in [-0.2, -0.15) is 18.2 Å². The first-order chi connectivity index (χ1) is 14.5. The highest BCUT2D eigenvalue weighted by molar-refractivity contribution is 7.80. The van der Waals surface area contributed by atoms with Crippen LogP contribution in [-0.2, 0) is 17.2 Å². The zero-order valence-electron chi connectivity index (χ0n) is 16.9. The maximum Gasteiger partial charge on any atom is 0.421 e. The summed E-state index contributed by atoms with van der Waals surface area (Å²) < 4.78 is 52.3. The summed E-state index contributed by atoms with van der Waals surface area (Å²) in [6.45, 7) is 3.60. The molecule has 164 valence electrons. The minimum Gasteiger partial charge on any atom is -0.369 e. The molecule has 0 spiro atoms. The van der Waals surface area contributed by atoms with Gasteiger partial charge in [-0.1, -0.05) is 12.1 Å². The van der Waals surface area contributed by atoms with Gasteiger partial charge in [0.15, 0.2) is 0 Å². The third-order valence-corrected chi connectivity index (χ3v) is 6.32. The van der Waals surface area contributed by atoms with Crippen molar-refractivity contribution in [3.8, 4) is 0 Å². The van der Waals surface area contributed by atoms with Gasteiger partial charge in [0.1, 0.15) is 18.5 Å². The number of hydrogen-bond acceptors (Lipinski definition) is 6. The normalized spacial score (nSPS) is 11.9. The van der Waals surface area contributed by atoms with Crippen LogP contribution in [0.3, 0.4) is 0 Å². The van der Waals surface area contributed by atoms with Crippen molar-refractivity contribution in [3.63, 3.8) is 0 Å². The summed E-state index contributed by atoms with van der Waals surface area (Å²) in [7, 11) is -2.39. The lowest BCUT2D eigenvalue weighted by molar-refractivity contribution is -0.137. The van der Waals surface area contributed by atoms with E-state index < -0.39 is 18.9 Å². The molecule has 0 atom stereocenters. The highest BCUT2D eigenvalue weighted by Gasteiger charge is 2.35. The van der Waals surface area contributed by atoms with Crippen molar-refractivity contribution >= 4 is 42.5 Å². The zero-order chi connectivity index (χ0) is 22.6. The Kier molecular flexibility index (Phi) is 6.96. The molecule has 0 aliphatic carbocycles. The van der Waals surface area contributed by atoms with Crippen LogP contribution in [0.25, 0.3) is 0 Å². The van der Waals surface area contributed by atoms with Crippen LogP contribution >= 0.6 is 19.8 Å². The van der Waals surface area contributed by atoms with Crippen LogP contribution in [0.5, 0.6) is 0 Å². The Morgan fingerprint density at radius 3 is 2.26 bits per heavy atom. The number of anilines is 3. The highest BCUT2D eigenvalue weighted by atomic mass is 32.1. The largest absolute Gasteiger partial charge is 0.421 e. The smallest absolute Gasteiger partial charge is 0.369 e. The van der Waals surface area contributed by atoms with E-state index in [1.165, 1.54) is 0 Å². The predicted octanol–water partition coefficient (Wildman–Crippen LogP) is 5.43. The third-order valence-electron chi connectivity index (χ3n) is 4.48. The van der Waals surface area contributed by atoms with Crippen molar-refractivity contribution in [1.82, 2.24) is 9.97 Å². The quantitative estimate of drug-likeness (QED) is 0.320. The summed E-state index contributed by atoms with van der Waals surface area (Å²) in [5.74, 6) is -0.266. The summed E-state index contributed by atoms with van der Waals surface area (Å²) >= 11 is 4.22. The van der Waals surface area contributed by atoms with Crippen LogP contribution < -0.4 is 15.9 Å². The number of benzene rings is 2. The van der Waals surface area contributed by atoms with Gasteiger partial charge in [-0.3, -0.25) is 0 Å². The molecule has 0 aliphatic rings. The van der Waals surface area contributed by atoms with E-state index in [-0.39, 0.29) is 18.3 Å². The number of nitrogens with zero attached hydrogens (tertiary/aromatic N) is 2. The van der Waals surface area contributed by atoms with E-state index in [4.69, 9.17) is 0 Å². The minimum atomic E-state index is -4.58. The Balaban J connectivity index is 1.76. The molecule has 3 aromatic rings. The van der Waals surface area contributed by atoms with Gasteiger partial charge < -0.3 is 15.2 Å². The van der Waals surface area contributed by atoms with Gasteiger partial charge in [0, 0.05) is 28.6 Å². The van der Waals surface area contributed by atoms with E-state index in [1.54, 1.807) is 37.6 Å². The monoisotopic (exact) mass is 466 g/mol. The first-order valence-electron chi connectivity index (χ1n) is 9.41. The van der Waals surface area contributed by atoms with Crippen LogP contribution in [0.1, 0.15) is 11.1 Å². The van der Waals surface area contributed by atoms with E-state index in [9.17, 15) is 17.7 Å². The molecule has 0 bridgehead atoms. The van der Waals surface area contributed by atoms with Gasteiger partial charge in [-0.05, 0) is 61.7 Å². The van der Waals surface area contributed by atoms with Gasteiger partial charge in [0.25, 0.3) is 0 Å². The van der Waals surface area contributed by atoms with Crippen LogP contribution in [0, 0.1) is 0 Å². The molecule has 1 aromatic heterocycles. The summed E-state index contributed by atoms with van der Waals surface area (Å²) in [4.78, 5) is 8.65. The van der Waals surface area contributed by atoms with Crippen LogP contribution in [0.15, 0.2) is 59.6 Å². The minimum absolute atomic E-state index is 0.0267. The number of aromatic nitrogens is 2. The Labute approximate surface area is 184 Å². The number of thiol groups is 1. The first-order valence-corrected chi connectivity index (χ1v) is 12.5. The van der Waals surface area contributed by atoms with Crippen molar-refractivity contribution in [2.24, 2.45) is 0 Å². The molecule has 0 radical (unpaired) electrons. The Morgan fingerprint density at radius 2 is 1.68 bits per heavy atom. The molecule has 0 amide bonds. The molecule has 2 N–H and O–H groups in total. The molecule has 0 fully saturated rings. The molecule has 10 heteroatoms. The van der Waals surface area contributed by atoms with E-state index in [0.29, 0.717) is 17.4 Å². The lowest BCUT2D eigenvalue weighted by Crippen LogP contribution is -2.16. The second kappa shape index (κ2) is 9.32. The van der Waals surface area contributed by atoms with E-state index in [1.807, 2.05) is 24.3 Å². The summed E-state index contributed by atoms with van der Waals surface area (Å²) in [5.41, 5.74) is 0.613. The molecule has 0 saturated carbocycles. The molecule has 1 heterocycles. The van der Waals surface area contributed by atoms with Crippen molar-refractivity contribution in [2.45, 2.75) is 17.5 Å².